The summed E-state index contributed by atoms with van der Waals surface area (Å²) in [5, 5.41) is 4.44. The molecule has 1 saturated heterocycles. The Morgan fingerprint density at radius 1 is 1.09 bits per heavy atom. The van der Waals surface area contributed by atoms with E-state index in [1.165, 1.54) is 32.3 Å². The van der Waals surface area contributed by atoms with Crippen molar-refractivity contribution in [1.82, 2.24) is 10.3 Å². The van der Waals surface area contributed by atoms with Gasteiger partial charge in [0, 0.05) is 41.7 Å². The number of rotatable bonds is 6. The lowest BCUT2D eigenvalue weighted by Crippen LogP contribution is -2.37. The topological polar surface area (TPSA) is 92.9 Å². The fraction of sp³-hybridized carbons (Fsp3) is 0.385. The average molecular weight is 464 g/mol. The third-order valence-corrected chi connectivity index (χ3v) is 6.89. The first-order valence-electron chi connectivity index (χ1n) is 11.5. The number of para-hydroxylation sites is 1. The summed E-state index contributed by atoms with van der Waals surface area (Å²) in [4.78, 5) is 31.2. The quantitative estimate of drug-likeness (QED) is 0.581. The van der Waals surface area contributed by atoms with Crippen molar-refractivity contribution in [2.45, 2.75) is 31.7 Å². The largest absolute Gasteiger partial charge is 0.493 e. The number of carbonyl (C=O) groups excluding carboxylic acids is 2. The molecule has 0 saturated carbocycles. The molecule has 2 amide bonds. The smallest absolute Gasteiger partial charge is 0.227 e. The molecule has 2 atom stereocenters. The van der Waals surface area contributed by atoms with Gasteiger partial charge in [-0.25, -0.2) is 0 Å². The van der Waals surface area contributed by atoms with Crippen molar-refractivity contribution in [3.05, 3.63) is 47.7 Å². The lowest BCUT2D eigenvalue weighted by Gasteiger charge is -2.25. The van der Waals surface area contributed by atoms with E-state index >= 15 is 0 Å². The lowest BCUT2D eigenvalue weighted by molar-refractivity contribution is -0.127. The van der Waals surface area contributed by atoms with E-state index in [1.54, 1.807) is 17.0 Å². The van der Waals surface area contributed by atoms with Crippen molar-refractivity contribution >= 4 is 28.4 Å². The summed E-state index contributed by atoms with van der Waals surface area (Å²) < 4.78 is 16.2. The van der Waals surface area contributed by atoms with Crippen LogP contribution < -0.4 is 24.4 Å². The van der Waals surface area contributed by atoms with Crippen LogP contribution in [0.2, 0.25) is 0 Å². The summed E-state index contributed by atoms with van der Waals surface area (Å²) in [6, 6.07) is 11.6. The first-order valence-corrected chi connectivity index (χ1v) is 11.5. The maximum Gasteiger partial charge on any atom is 0.227 e. The Morgan fingerprint density at radius 2 is 1.82 bits per heavy atom. The maximum atomic E-state index is 13.2. The summed E-state index contributed by atoms with van der Waals surface area (Å²) in [5.41, 5.74) is 4.09. The first-order chi connectivity index (χ1) is 16.5. The van der Waals surface area contributed by atoms with E-state index in [0.29, 0.717) is 29.5 Å². The monoisotopic (exact) mass is 463 g/mol. The van der Waals surface area contributed by atoms with Gasteiger partial charge in [0.2, 0.25) is 17.6 Å². The van der Waals surface area contributed by atoms with Gasteiger partial charge in [-0.1, -0.05) is 18.2 Å². The molecular formula is C26H29N3O5. The van der Waals surface area contributed by atoms with Crippen LogP contribution in [0.25, 0.3) is 10.9 Å². The van der Waals surface area contributed by atoms with Gasteiger partial charge in [0.1, 0.15) is 0 Å². The highest BCUT2D eigenvalue weighted by Crippen LogP contribution is 2.42. The van der Waals surface area contributed by atoms with Crippen LogP contribution in [0.4, 0.5) is 5.69 Å². The van der Waals surface area contributed by atoms with Crippen molar-refractivity contribution in [3.8, 4) is 17.2 Å². The summed E-state index contributed by atoms with van der Waals surface area (Å²) in [6.07, 6.45) is 3.06. The molecule has 8 nitrogen and oxygen atoms in total. The van der Waals surface area contributed by atoms with Crippen molar-refractivity contribution in [2.24, 2.45) is 5.92 Å². The number of aryl methyl sites for hydroxylation is 1. The number of benzene rings is 2. The van der Waals surface area contributed by atoms with Crippen LogP contribution in [0.15, 0.2) is 36.4 Å². The number of carbonyl (C=O) groups is 2. The number of hydrogen-bond acceptors (Lipinski definition) is 5. The van der Waals surface area contributed by atoms with Crippen LogP contribution in [0.5, 0.6) is 17.2 Å². The van der Waals surface area contributed by atoms with Gasteiger partial charge in [-0.2, -0.15) is 0 Å². The molecule has 2 N–H and O–H groups in total. The van der Waals surface area contributed by atoms with Crippen LogP contribution >= 0.6 is 0 Å². The number of fused-ring (bicyclic) bond motifs is 3. The standard InChI is InChI=1S/C26H29N3O5/c1-32-21-12-16(13-22(33-2)25(21)34-3)29-14-15(11-23(29)30)26(31)28-20-10-6-8-18-17-7-4-5-9-19(17)27-24(18)20/h4-5,7,9,12-13,15,20,27H,6,8,10-11,14H2,1-3H3,(H,28,31)/t15-,20+/m1/s1. The van der Waals surface area contributed by atoms with Crippen molar-refractivity contribution in [1.29, 1.82) is 0 Å². The molecule has 1 aliphatic carbocycles. The van der Waals surface area contributed by atoms with Crippen LogP contribution in [-0.4, -0.2) is 44.7 Å². The van der Waals surface area contributed by atoms with Gasteiger partial charge in [-0.3, -0.25) is 9.59 Å². The lowest BCUT2D eigenvalue weighted by atomic mass is 9.91. The highest BCUT2D eigenvalue weighted by atomic mass is 16.5. The van der Waals surface area contributed by atoms with Gasteiger partial charge in [-0.15, -0.1) is 0 Å². The minimum Gasteiger partial charge on any atom is -0.493 e. The zero-order chi connectivity index (χ0) is 23.8. The Morgan fingerprint density at radius 3 is 2.53 bits per heavy atom. The Kier molecular flexibility index (Phi) is 5.81. The summed E-state index contributed by atoms with van der Waals surface area (Å²) in [5.74, 6) is 0.754. The number of H-pyrrole nitrogens is 1. The second-order valence-corrected chi connectivity index (χ2v) is 8.81. The van der Waals surface area contributed by atoms with Crippen LogP contribution in [0.3, 0.4) is 0 Å². The maximum absolute atomic E-state index is 13.2. The van der Waals surface area contributed by atoms with E-state index in [0.717, 1.165) is 30.5 Å². The molecule has 5 rings (SSSR count). The Balaban J connectivity index is 1.34. The van der Waals surface area contributed by atoms with Crippen molar-refractivity contribution in [2.75, 3.05) is 32.8 Å². The van der Waals surface area contributed by atoms with E-state index < -0.39 is 5.92 Å². The molecule has 1 aromatic heterocycles. The van der Waals surface area contributed by atoms with Crippen molar-refractivity contribution in [3.63, 3.8) is 0 Å². The van der Waals surface area contributed by atoms with Crippen LogP contribution in [-0.2, 0) is 16.0 Å². The average Bonchev–Trinajstić information content (AvgIpc) is 3.44. The van der Waals surface area contributed by atoms with E-state index in [4.69, 9.17) is 14.2 Å². The SMILES string of the molecule is COc1cc(N2C[C@H](C(=O)N[C@H]3CCCc4c3[nH]c3ccccc43)CC2=O)cc(OC)c1OC. The summed E-state index contributed by atoms with van der Waals surface area (Å²) >= 11 is 0. The highest BCUT2D eigenvalue weighted by molar-refractivity contribution is 6.01. The molecule has 1 aliphatic heterocycles. The molecule has 1 fully saturated rings. The van der Waals surface area contributed by atoms with Crippen LogP contribution in [0.1, 0.15) is 36.6 Å². The molecule has 2 heterocycles. The molecule has 2 aliphatic rings. The molecule has 0 bridgehead atoms. The number of nitrogens with one attached hydrogen (secondary N) is 2. The molecule has 0 unspecified atom stereocenters. The first kappa shape index (κ1) is 22.1. The molecule has 2 aromatic carbocycles. The third-order valence-electron chi connectivity index (χ3n) is 6.89. The van der Waals surface area contributed by atoms with E-state index in [-0.39, 0.29) is 24.3 Å². The van der Waals surface area contributed by atoms with Gasteiger partial charge < -0.3 is 29.4 Å². The minimum absolute atomic E-state index is 0.0750. The van der Waals surface area contributed by atoms with E-state index in [1.807, 2.05) is 12.1 Å². The van der Waals surface area contributed by atoms with Crippen molar-refractivity contribution < 1.29 is 23.8 Å². The van der Waals surface area contributed by atoms with Gasteiger partial charge in [0.25, 0.3) is 0 Å². The number of aromatic nitrogens is 1. The minimum atomic E-state index is -0.429. The van der Waals surface area contributed by atoms with E-state index in [2.05, 4.69) is 22.4 Å². The summed E-state index contributed by atoms with van der Waals surface area (Å²) in [6.45, 7) is 0.301. The second kappa shape index (κ2) is 8.93. The Hall–Kier alpha value is -3.68. The number of amides is 2. The second-order valence-electron chi connectivity index (χ2n) is 8.81. The zero-order valence-corrected chi connectivity index (χ0v) is 19.6. The predicted octanol–water partition coefficient (Wildman–Crippen LogP) is 3.74. The van der Waals surface area contributed by atoms with Gasteiger partial charge in [-0.05, 0) is 30.9 Å². The summed E-state index contributed by atoms with van der Waals surface area (Å²) in [7, 11) is 4.60. The fourth-order valence-electron chi connectivity index (χ4n) is 5.20. The van der Waals surface area contributed by atoms with Gasteiger partial charge >= 0.3 is 0 Å². The fourth-order valence-corrected chi connectivity index (χ4v) is 5.20. The van der Waals surface area contributed by atoms with E-state index in [9.17, 15) is 9.59 Å². The number of aromatic amines is 1. The molecule has 0 spiro atoms. The number of methoxy groups -OCH3 is 3. The Labute approximate surface area is 198 Å². The molecule has 3 aromatic rings. The predicted molar refractivity (Wildman–Crippen MR) is 129 cm³/mol. The number of anilines is 1. The normalized spacial score (nSPS) is 19.7. The third kappa shape index (κ3) is 3.73. The van der Waals surface area contributed by atoms with Gasteiger partial charge in [0.15, 0.2) is 11.5 Å². The zero-order valence-electron chi connectivity index (χ0n) is 19.6. The molecule has 0 radical (unpaired) electrons. The number of hydrogen-bond donors (Lipinski definition) is 2. The Bertz CT molecular complexity index is 1230. The van der Waals surface area contributed by atoms with Crippen LogP contribution in [0, 0.1) is 5.92 Å². The molecule has 34 heavy (non-hydrogen) atoms. The number of nitrogens with zero attached hydrogens (tertiary/aromatic N) is 1. The molecule has 8 heteroatoms. The number of ether oxygens (including phenoxy) is 3. The highest BCUT2D eigenvalue weighted by Gasteiger charge is 2.37. The molecular weight excluding hydrogens is 434 g/mol. The molecule has 178 valence electrons. The van der Waals surface area contributed by atoms with Gasteiger partial charge in [0.05, 0.1) is 39.0 Å².